The maximum atomic E-state index is 5.68. The first-order valence-corrected chi connectivity index (χ1v) is 4.54. The molecule has 0 aliphatic rings. The minimum Gasteiger partial charge on any atom is -0.453 e. The third kappa shape index (κ3) is 1.19. The highest BCUT2D eigenvalue weighted by atomic mass is 16.5. The van der Waals surface area contributed by atoms with Gasteiger partial charge in [-0.1, -0.05) is 23.4 Å². The number of para-hydroxylation sites is 1. The lowest BCUT2D eigenvalue weighted by Crippen LogP contribution is -1.82. The van der Waals surface area contributed by atoms with Gasteiger partial charge in [-0.25, -0.2) is 0 Å². The maximum Gasteiger partial charge on any atom is 0.224 e. The predicted molar refractivity (Wildman–Crippen MR) is 56.1 cm³/mol. The number of fused-ring (bicyclic) bond motifs is 1. The number of benzene rings is 1. The van der Waals surface area contributed by atoms with Crippen molar-refractivity contribution in [2.75, 3.05) is 5.73 Å². The zero-order valence-corrected chi connectivity index (χ0v) is 7.81. The fourth-order valence-corrected chi connectivity index (χ4v) is 1.53. The van der Waals surface area contributed by atoms with E-state index in [0.29, 0.717) is 17.2 Å². The van der Waals surface area contributed by atoms with Gasteiger partial charge < -0.3 is 14.7 Å². The molecule has 3 rings (SSSR count). The van der Waals surface area contributed by atoms with Gasteiger partial charge in [-0.15, -0.1) is 0 Å². The van der Waals surface area contributed by atoms with Crippen LogP contribution in [0.25, 0.3) is 22.5 Å². The zero-order valence-electron chi connectivity index (χ0n) is 7.81. The molecule has 0 aliphatic carbocycles. The first kappa shape index (κ1) is 8.11. The number of hydrogen-bond acceptors (Lipinski definition) is 4. The molecule has 0 aliphatic heterocycles. The summed E-state index contributed by atoms with van der Waals surface area (Å²) >= 11 is 0. The SMILES string of the molecule is Nc1cnoc1-c1cc2ccccc2o1. The summed E-state index contributed by atoms with van der Waals surface area (Å²) in [6.07, 6.45) is 1.46. The highest BCUT2D eigenvalue weighted by molar-refractivity contribution is 5.83. The van der Waals surface area contributed by atoms with Gasteiger partial charge in [0.2, 0.25) is 5.76 Å². The van der Waals surface area contributed by atoms with Gasteiger partial charge in [-0.05, 0) is 12.1 Å². The molecule has 2 aromatic heterocycles. The van der Waals surface area contributed by atoms with Crippen LogP contribution in [0.15, 0.2) is 45.5 Å². The van der Waals surface area contributed by atoms with Gasteiger partial charge >= 0.3 is 0 Å². The van der Waals surface area contributed by atoms with Crippen molar-refractivity contribution >= 4 is 16.7 Å². The largest absolute Gasteiger partial charge is 0.453 e. The van der Waals surface area contributed by atoms with E-state index in [1.807, 2.05) is 30.3 Å². The van der Waals surface area contributed by atoms with Crippen LogP contribution in [0.1, 0.15) is 0 Å². The van der Waals surface area contributed by atoms with E-state index in [2.05, 4.69) is 5.16 Å². The van der Waals surface area contributed by atoms with E-state index in [1.165, 1.54) is 6.20 Å². The normalized spacial score (nSPS) is 10.9. The second-order valence-electron chi connectivity index (χ2n) is 3.26. The van der Waals surface area contributed by atoms with Crippen LogP contribution in [-0.4, -0.2) is 5.16 Å². The Bertz CT molecular complexity index is 577. The molecule has 0 radical (unpaired) electrons. The molecule has 0 saturated heterocycles. The molecule has 2 heterocycles. The second-order valence-corrected chi connectivity index (χ2v) is 3.26. The lowest BCUT2D eigenvalue weighted by atomic mass is 10.2. The van der Waals surface area contributed by atoms with Crippen molar-refractivity contribution in [2.45, 2.75) is 0 Å². The first-order valence-electron chi connectivity index (χ1n) is 4.54. The molecule has 0 unspecified atom stereocenters. The number of anilines is 1. The topological polar surface area (TPSA) is 65.2 Å². The minimum absolute atomic E-state index is 0.478. The lowest BCUT2D eigenvalue weighted by Gasteiger charge is -1.88. The molecule has 3 aromatic rings. The monoisotopic (exact) mass is 200 g/mol. The Balaban J connectivity index is 2.24. The van der Waals surface area contributed by atoms with Gasteiger partial charge in [0, 0.05) is 5.39 Å². The summed E-state index contributed by atoms with van der Waals surface area (Å²) in [6.45, 7) is 0. The Morgan fingerprint density at radius 3 is 2.80 bits per heavy atom. The Morgan fingerprint density at radius 2 is 2.07 bits per heavy atom. The molecule has 0 spiro atoms. The first-order chi connectivity index (χ1) is 7.34. The standard InChI is InChI=1S/C11H8N2O2/c12-8-6-13-15-11(8)10-5-7-3-1-2-4-9(7)14-10/h1-6H,12H2. The molecule has 1 aromatic carbocycles. The highest BCUT2D eigenvalue weighted by Crippen LogP contribution is 2.30. The Morgan fingerprint density at radius 1 is 1.20 bits per heavy atom. The molecule has 2 N–H and O–H groups in total. The van der Waals surface area contributed by atoms with Gasteiger partial charge in [-0.3, -0.25) is 0 Å². The molecule has 4 nitrogen and oxygen atoms in total. The molecule has 74 valence electrons. The molecule has 0 atom stereocenters. The van der Waals surface area contributed by atoms with Crippen LogP contribution in [0.2, 0.25) is 0 Å². The van der Waals surface area contributed by atoms with Crippen LogP contribution < -0.4 is 5.73 Å². The summed E-state index contributed by atoms with van der Waals surface area (Å²) < 4.78 is 10.6. The number of nitrogens with zero attached hydrogens (tertiary/aromatic N) is 1. The third-order valence-electron chi connectivity index (χ3n) is 2.25. The Kier molecular flexibility index (Phi) is 1.56. The van der Waals surface area contributed by atoms with E-state index in [9.17, 15) is 0 Å². The number of aromatic nitrogens is 1. The van der Waals surface area contributed by atoms with Crippen LogP contribution in [0.5, 0.6) is 0 Å². The second kappa shape index (κ2) is 2.88. The fourth-order valence-electron chi connectivity index (χ4n) is 1.53. The van der Waals surface area contributed by atoms with Crippen molar-refractivity contribution in [1.82, 2.24) is 5.16 Å². The van der Waals surface area contributed by atoms with Crippen molar-refractivity contribution in [3.63, 3.8) is 0 Å². The summed E-state index contributed by atoms with van der Waals surface area (Å²) in [5.41, 5.74) is 6.97. The average Bonchev–Trinajstić information content (AvgIpc) is 2.82. The van der Waals surface area contributed by atoms with E-state index in [1.54, 1.807) is 0 Å². The molecule has 0 saturated carbocycles. The van der Waals surface area contributed by atoms with Crippen molar-refractivity contribution in [3.05, 3.63) is 36.5 Å². The Labute approximate surface area is 85.3 Å². The van der Waals surface area contributed by atoms with Crippen LogP contribution in [-0.2, 0) is 0 Å². The number of hydrogen-bond donors (Lipinski definition) is 1. The van der Waals surface area contributed by atoms with Crippen molar-refractivity contribution in [1.29, 1.82) is 0 Å². The summed E-state index contributed by atoms with van der Waals surface area (Å²) in [7, 11) is 0. The summed E-state index contributed by atoms with van der Waals surface area (Å²) in [5.74, 6) is 1.08. The summed E-state index contributed by atoms with van der Waals surface area (Å²) in [4.78, 5) is 0. The molecule has 15 heavy (non-hydrogen) atoms. The fraction of sp³-hybridized carbons (Fsp3) is 0. The molecule has 4 heteroatoms. The number of nitrogen functional groups attached to an aromatic ring is 1. The minimum atomic E-state index is 0.478. The van der Waals surface area contributed by atoms with Gasteiger partial charge in [0.15, 0.2) is 5.76 Å². The van der Waals surface area contributed by atoms with Crippen molar-refractivity contribution in [2.24, 2.45) is 0 Å². The van der Waals surface area contributed by atoms with Gasteiger partial charge in [-0.2, -0.15) is 0 Å². The van der Waals surface area contributed by atoms with E-state index in [0.717, 1.165) is 11.0 Å². The average molecular weight is 200 g/mol. The third-order valence-corrected chi connectivity index (χ3v) is 2.25. The van der Waals surface area contributed by atoms with Crippen LogP contribution >= 0.6 is 0 Å². The van der Waals surface area contributed by atoms with Crippen LogP contribution in [0.3, 0.4) is 0 Å². The van der Waals surface area contributed by atoms with E-state index in [4.69, 9.17) is 14.7 Å². The van der Waals surface area contributed by atoms with Crippen LogP contribution in [0, 0.1) is 0 Å². The van der Waals surface area contributed by atoms with E-state index < -0.39 is 0 Å². The van der Waals surface area contributed by atoms with Crippen molar-refractivity contribution < 1.29 is 8.94 Å². The molecule has 0 fully saturated rings. The highest BCUT2D eigenvalue weighted by Gasteiger charge is 2.12. The molecule has 0 amide bonds. The number of rotatable bonds is 1. The lowest BCUT2D eigenvalue weighted by molar-refractivity contribution is 0.421. The molecular weight excluding hydrogens is 192 g/mol. The number of nitrogens with two attached hydrogens (primary N) is 1. The smallest absolute Gasteiger partial charge is 0.224 e. The maximum absolute atomic E-state index is 5.68. The van der Waals surface area contributed by atoms with Crippen LogP contribution in [0.4, 0.5) is 5.69 Å². The van der Waals surface area contributed by atoms with Crippen molar-refractivity contribution in [3.8, 4) is 11.5 Å². The van der Waals surface area contributed by atoms with E-state index in [-0.39, 0.29) is 0 Å². The predicted octanol–water partition coefficient (Wildman–Crippen LogP) is 2.67. The number of furan rings is 1. The molecular formula is C11H8N2O2. The quantitative estimate of drug-likeness (QED) is 0.655. The molecule has 0 bridgehead atoms. The van der Waals surface area contributed by atoms with Gasteiger partial charge in [0.05, 0.1) is 6.20 Å². The Hall–Kier alpha value is -2.23. The summed E-state index contributed by atoms with van der Waals surface area (Å²) in [5, 5.41) is 4.63. The van der Waals surface area contributed by atoms with E-state index >= 15 is 0 Å². The summed E-state index contributed by atoms with van der Waals surface area (Å²) in [6, 6.07) is 9.61. The van der Waals surface area contributed by atoms with Gasteiger partial charge in [0.1, 0.15) is 11.3 Å². The van der Waals surface area contributed by atoms with Gasteiger partial charge in [0.25, 0.3) is 0 Å². The zero-order chi connectivity index (χ0) is 10.3.